The molecule has 0 bridgehead atoms. The quantitative estimate of drug-likeness (QED) is 0.276. The zero-order valence-corrected chi connectivity index (χ0v) is 19.4. The van der Waals surface area contributed by atoms with Crippen LogP contribution in [0.4, 0.5) is 11.5 Å². The van der Waals surface area contributed by atoms with Gasteiger partial charge in [-0.05, 0) is 40.9 Å². The lowest BCUT2D eigenvalue weighted by molar-refractivity contribution is -0.914. The Hall–Kier alpha value is -3.80. The molecule has 3 aromatic rings. The number of nitrogens with one attached hydrogen (secondary N) is 2. The van der Waals surface area contributed by atoms with Crippen LogP contribution in [0.25, 0.3) is 5.82 Å². The van der Waals surface area contributed by atoms with Gasteiger partial charge in [-0.25, -0.2) is 10.1 Å². The highest BCUT2D eigenvalue weighted by Gasteiger charge is 2.26. The zero-order chi connectivity index (χ0) is 23.8. The van der Waals surface area contributed by atoms with Gasteiger partial charge in [-0.15, -0.1) is 5.10 Å². The van der Waals surface area contributed by atoms with Gasteiger partial charge in [-0.2, -0.15) is 9.78 Å². The fraction of sp³-hybridized carbons (Fsp3) is 0.429. The van der Waals surface area contributed by atoms with Crippen LogP contribution in [0.15, 0.2) is 34.0 Å². The van der Waals surface area contributed by atoms with Crippen LogP contribution in [0.5, 0.6) is 0 Å². The first-order chi connectivity index (χ1) is 15.9. The monoisotopic (exact) mass is 455 g/mol. The molecule has 0 aliphatic carbocycles. The second kappa shape index (κ2) is 11.2. The van der Waals surface area contributed by atoms with Crippen molar-refractivity contribution in [2.75, 3.05) is 37.8 Å². The maximum absolute atomic E-state index is 12.9. The SMILES string of the molecule is CCC[NH+](CCC)Cc1c(C(=O)NN=Cc2ccc(N(C)C)cc2)nnn1-c1nonc1N. The van der Waals surface area contributed by atoms with Crippen LogP contribution in [-0.4, -0.2) is 64.6 Å². The number of nitrogens with zero attached hydrogens (tertiary/aromatic N) is 7. The third kappa shape index (κ3) is 5.92. The van der Waals surface area contributed by atoms with Gasteiger partial charge in [0.1, 0.15) is 12.2 Å². The van der Waals surface area contributed by atoms with Crippen molar-refractivity contribution in [2.24, 2.45) is 5.10 Å². The smallest absolute Gasteiger partial charge is 0.294 e. The van der Waals surface area contributed by atoms with Crippen LogP contribution >= 0.6 is 0 Å². The second-order valence-electron chi connectivity index (χ2n) is 7.88. The Morgan fingerprint density at radius 1 is 1.21 bits per heavy atom. The molecular weight excluding hydrogens is 424 g/mol. The minimum atomic E-state index is -0.472. The lowest BCUT2D eigenvalue weighted by Gasteiger charge is -2.18. The van der Waals surface area contributed by atoms with Gasteiger partial charge in [-0.1, -0.05) is 31.2 Å². The lowest BCUT2D eigenvalue weighted by Crippen LogP contribution is -3.10. The first-order valence-electron chi connectivity index (χ1n) is 10.9. The van der Waals surface area contributed by atoms with Gasteiger partial charge in [0, 0.05) is 19.8 Å². The van der Waals surface area contributed by atoms with Crippen molar-refractivity contribution in [3.8, 4) is 5.82 Å². The molecule has 0 saturated heterocycles. The number of amides is 1. The average molecular weight is 456 g/mol. The number of nitrogens with two attached hydrogens (primary N) is 1. The van der Waals surface area contributed by atoms with Gasteiger partial charge >= 0.3 is 0 Å². The lowest BCUT2D eigenvalue weighted by atomic mass is 10.2. The standard InChI is InChI=1S/C21H30N10O2/c1-5-11-30(12-6-2)14-17-18(24-28-31(17)20-19(22)26-33-27-20)21(32)25-23-13-15-7-9-16(10-8-15)29(3)4/h7-10,13H,5-6,11-12,14H2,1-4H3,(H2,22,26)(H,25,32)/p+1. The maximum Gasteiger partial charge on any atom is 0.294 e. The molecule has 3 rings (SSSR count). The molecular formula is C21H31N10O2+. The van der Waals surface area contributed by atoms with E-state index in [1.807, 2.05) is 43.3 Å². The minimum Gasteiger partial charge on any atom is -0.378 e. The van der Waals surface area contributed by atoms with Gasteiger partial charge in [0.2, 0.25) is 11.6 Å². The van der Waals surface area contributed by atoms with E-state index < -0.39 is 5.91 Å². The summed E-state index contributed by atoms with van der Waals surface area (Å²) >= 11 is 0. The normalized spacial score (nSPS) is 11.4. The molecule has 0 atom stereocenters. The number of hydrogen-bond acceptors (Lipinski definition) is 9. The molecule has 2 heterocycles. The first kappa shape index (κ1) is 23.9. The highest BCUT2D eigenvalue weighted by molar-refractivity contribution is 5.94. The van der Waals surface area contributed by atoms with Gasteiger partial charge < -0.3 is 15.5 Å². The van der Waals surface area contributed by atoms with E-state index in [4.69, 9.17) is 10.4 Å². The number of carbonyl (C=O) groups excluding carboxylic acids is 1. The van der Waals surface area contributed by atoms with Crippen molar-refractivity contribution in [1.82, 2.24) is 30.7 Å². The summed E-state index contributed by atoms with van der Waals surface area (Å²) in [5.41, 5.74) is 11.0. The molecule has 33 heavy (non-hydrogen) atoms. The fourth-order valence-electron chi connectivity index (χ4n) is 3.47. The average Bonchev–Trinajstić information content (AvgIpc) is 3.40. The Morgan fingerprint density at radius 2 is 1.91 bits per heavy atom. The van der Waals surface area contributed by atoms with Crippen LogP contribution in [0.2, 0.25) is 0 Å². The summed E-state index contributed by atoms with van der Waals surface area (Å²) in [6.07, 6.45) is 3.58. The number of anilines is 2. The van der Waals surface area contributed by atoms with E-state index in [0.717, 1.165) is 37.2 Å². The van der Waals surface area contributed by atoms with Crippen LogP contribution in [0, 0.1) is 0 Å². The van der Waals surface area contributed by atoms with Crippen LogP contribution in [0.1, 0.15) is 48.4 Å². The van der Waals surface area contributed by atoms with Gasteiger partial charge in [-0.3, -0.25) is 4.79 Å². The van der Waals surface area contributed by atoms with Crippen molar-refractivity contribution >= 4 is 23.6 Å². The largest absolute Gasteiger partial charge is 0.378 e. The van der Waals surface area contributed by atoms with Gasteiger partial charge in [0.05, 0.1) is 19.3 Å². The number of aromatic nitrogens is 5. The molecule has 0 aliphatic rings. The van der Waals surface area contributed by atoms with E-state index in [9.17, 15) is 4.79 Å². The third-order valence-electron chi connectivity index (χ3n) is 5.09. The van der Waals surface area contributed by atoms with Crippen molar-refractivity contribution < 1.29 is 14.3 Å². The van der Waals surface area contributed by atoms with E-state index in [2.05, 4.69) is 45.0 Å². The van der Waals surface area contributed by atoms with E-state index in [1.165, 1.54) is 9.58 Å². The fourth-order valence-corrected chi connectivity index (χ4v) is 3.47. The Balaban J connectivity index is 1.82. The molecule has 0 saturated carbocycles. The molecule has 12 nitrogen and oxygen atoms in total. The number of benzene rings is 1. The first-order valence-corrected chi connectivity index (χ1v) is 10.9. The number of quaternary nitrogens is 1. The minimum absolute atomic E-state index is 0.0693. The molecule has 0 aliphatic heterocycles. The van der Waals surface area contributed by atoms with Crippen molar-refractivity contribution in [1.29, 1.82) is 0 Å². The van der Waals surface area contributed by atoms with Crippen molar-refractivity contribution in [2.45, 2.75) is 33.2 Å². The molecule has 176 valence electrons. The van der Waals surface area contributed by atoms with Gasteiger partial charge in [0.15, 0.2) is 5.69 Å². The molecule has 2 aromatic heterocycles. The Bertz CT molecular complexity index is 1070. The summed E-state index contributed by atoms with van der Waals surface area (Å²) in [5, 5.41) is 19.7. The molecule has 0 radical (unpaired) electrons. The molecule has 0 fully saturated rings. The predicted octanol–water partition coefficient (Wildman–Crippen LogP) is 0.267. The molecule has 4 N–H and O–H groups in total. The van der Waals surface area contributed by atoms with Crippen molar-refractivity contribution in [3.63, 3.8) is 0 Å². The topological polar surface area (TPSA) is 145 Å². The zero-order valence-electron chi connectivity index (χ0n) is 19.4. The number of hydrazone groups is 1. The van der Waals surface area contributed by atoms with E-state index in [-0.39, 0.29) is 17.3 Å². The van der Waals surface area contributed by atoms with Crippen LogP contribution in [-0.2, 0) is 6.54 Å². The van der Waals surface area contributed by atoms with Crippen LogP contribution in [0.3, 0.4) is 0 Å². The number of nitrogen functional groups attached to an aromatic ring is 1. The Morgan fingerprint density at radius 3 is 2.48 bits per heavy atom. The van der Waals surface area contributed by atoms with Gasteiger partial charge in [0.25, 0.3) is 5.91 Å². The molecule has 0 spiro atoms. The van der Waals surface area contributed by atoms with Crippen molar-refractivity contribution in [3.05, 3.63) is 41.2 Å². The number of carbonyl (C=O) groups is 1. The number of rotatable bonds is 11. The molecule has 12 heteroatoms. The summed E-state index contributed by atoms with van der Waals surface area (Å²) in [6.45, 7) is 6.64. The predicted molar refractivity (Wildman–Crippen MR) is 124 cm³/mol. The third-order valence-corrected chi connectivity index (χ3v) is 5.09. The molecule has 1 amide bonds. The summed E-state index contributed by atoms with van der Waals surface area (Å²) in [5.74, 6) is -0.201. The highest BCUT2D eigenvalue weighted by Crippen LogP contribution is 2.15. The van der Waals surface area contributed by atoms with E-state index in [1.54, 1.807) is 6.21 Å². The van der Waals surface area contributed by atoms with E-state index in [0.29, 0.717) is 12.2 Å². The Kier molecular flexibility index (Phi) is 8.08. The summed E-state index contributed by atoms with van der Waals surface area (Å²) < 4.78 is 6.13. The summed E-state index contributed by atoms with van der Waals surface area (Å²) in [7, 11) is 3.95. The molecule has 0 unspecified atom stereocenters. The maximum atomic E-state index is 12.9. The highest BCUT2D eigenvalue weighted by atomic mass is 16.6. The number of hydrogen-bond donors (Lipinski definition) is 3. The summed E-state index contributed by atoms with van der Waals surface area (Å²) in [6, 6.07) is 7.79. The van der Waals surface area contributed by atoms with Crippen LogP contribution < -0.4 is 21.0 Å². The summed E-state index contributed by atoms with van der Waals surface area (Å²) in [4.78, 5) is 16.2. The van der Waals surface area contributed by atoms with E-state index >= 15 is 0 Å². The second-order valence-corrected chi connectivity index (χ2v) is 7.88. The molecule has 1 aromatic carbocycles. The Labute approximate surface area is 192 Å².